The zero-order valence-corrected chi connectivity index (χ0v) is 17.1. The summed E-state index contributed by atoms with van der Waals surface area (Å²) in [6.07, 6.45) is 5.83. The Balaban J connectivity index is 1.35. The highest BCUT2D eigenvalue weighted by atomic mass is 16.2. The number of benzene rings is 1. The zero-order chi connectivity index (χ0) is 20.6. The monoisotopic (exact) mass is 392 g/mol. The summed E-state index contributed by atoms with van der Waals surface area (Å²) in [5, 5.41) is 5.88. The van der Waals surface area contributed by atoms with Crippen molar-refractivity contribution in [2.24, 2.45) is 0 Å². The molecule has 152 valence electrons. The van der Waals surface area contributed by atoms with Crippen LogP contribution in [0.3, 0.4) is 0 Å². The van der Waals surface area contributed by atoms with Crippen LogP contribution in [0.5, 0.6) is 0 Å². The maximum absolute atomic E-state index is 12.5. The van der Waals surface area contributed by atoms with Gasteiger partial charge in [0.05, 0.1) is 5.69 Å². The summed E-state index contributed by atoms with van der Waals surface area (Å²) >= 11 is 0. The van der Waals surface area contributed by atoms with Crippen LogP contribution in [0.2, 0.25) is 0 Å². The second-order valence-electron chi connectivity index (χ2n) is 7.14. The Morgan fingerprint density at radius 1 is 1.03 bits per heavy atom. The molecule has 29 heavy (non-hydrogen) atoms. The third-order valence-corrected chi connectivity index (χ3v) is 4.93. The number of carbonyl (C=O) groups excluding carboxylic acids is 2. The van der Waals surface area contributed by atoms with Gasteiger partial charge in [-0.15, -0.1) is 0 Å². The molecule has 6 nitrogen and oxygen atoms in total. The lowest BCUT2D eigenvalue weighted by molar-refractivity contribution is -0.116. The molecule has 6 heteroatoms. The number of hydrogen-bond acceptors (Lipinski definition) is 3. The molecule has 0 saturated carbocycles. The van der Waals surface area contributed by atoms with E-state index in [1.54, 1.807) is 0 Å². The standard InChI is InChI=1S/C23H28N4O2/c1-3-18-11-13-19(14-12-18)26-21(28)10-5-4-7-15-24-23(29)22-17(2)25-20-9-6-8-16-27(20)22/h6,8-9,11-14,16H,3-5,7,10,15H2,1-2H3,(H,24,29)(H,26,28). The van der Waals surface area contributed by atoms with E-state index in [4.69, 9.17) is 0 Å². The Hall–Kier alpha value is -3.15. The second kappa shape index (κ2) is 9.87. The maximum Gasteiger partial charge on any atom is 0.270 e. The van der Waals surface area contributed by atoms with Crippen LogP contribution < -0.4 is 10.6 Å². The number of nitrogens with zero attached hydrogens (tertiary/aromatic N) is 2. The molecule has 0 saturated heterocycles. The molecular formula is C23H28N4O2. The highest BCUT2D eigenvalue weighted by molar-refractivity contribution is 5.94. The molecule has 0 aliphatic rings. The van der Waals surface area contributed by atoms with E-state index in [0.717, 1.165) is 42.7 Å². The van der Waals surface area contributed by atoms with Gasteiger partial charge >= 0.3 is 0 Å². The Kier molecular flexibility index (Phi) is 7.00. The van der Waals surface area contributed by atoms with Crippen molar-refractivity contribution < 1.29 is 9.59 Å². The molecule has 0 bridgehead atoms. The van der Waals surface area contributed by atoms with Crippen molar-refractivity contribution in [1.82, 2.24) is 14.7 Å². The van der Waals surface area contributed by atoms with Crippen LogP contribution in [0.25, 0.3) is 5.65 Å². The lowest BCUT2D eigenvalue weighted by Gasteiger charge is -2.07. The largest absolute Gasteiger partial charge is 0.351 e. The summed E-state index contributed by atoms with van der Waals surface area (Å²) < 4.78 is 1.81. The van der Waals surface area contributed by atoms with Crippen molar-refractivity contribution in [2.75, 3.05) is 11.9 Å². The van der Waals surface area contributed by atoms with Gasteiger partial charge in [0.25, 0.3) is 5.91 Å². The number of aromatic nitrogens is 2. The van der Waals surface area contributed by atoms with Gasteiger partial charge in [-0.3, -0.25) is 14.0 Å². The predicted octanol–water partition coefficient (Wildman–Crippen LogP) is 4.13. The highest BCUT2D eigenvalue weighted by Crippen LogP contribution is 2.12. The Morgan fingerprint density at radius 2 is 1.83 bits per heavy atom. The van der Waals surface area contributed by atoms with Crippen LogP contribution in [0.1, 0.15) is 54.4 Å². The van der Waals surface area contributed by atoms with Crippen LogP contribution in [0.15, 0.2) is 48.7 Å². The molecule has 3 rings (SSSR count). The minimum Gasteiger partial charge on any atom is -0.351 e. The van der Waals surface area contributed by atoms with Gasteiger partial charge in [0.1, 0.15) is 11.3 Å². The molecule has 0 radical (unpaired) electrons. The molecule has 1 aromatic carbocycles. The fourth-order valence-corrected chi connectivity index (χ4v) is 3.31. The fourth-order valence-electron chi connectivity index (χ4n) is 3.31. The van der Waals surface area contributed by atoms with E-state index in [1.165, 1.54) is 5.56 Å². The molecule has 2 amide bonds. The lowest BCUT2D eigenvalue weighted by Crippen LogP contribution is -2.26. The number of unbranched alkanes of at least 4 members (excludes halogenated alkanes) is 2. The van der Waals surface area contributed by atoms with Crippen LogP contribution in [-0.2, 0) is 11.2 Å². The molecule has 0 aliphatic heterocycles. The van der Waals surface area contributed by atoms with Crippen molar-refractivity contribution in [1.29, 1.82) is 0 Å². The normalized spacial score (nSPS) is 10.8. The summed E-state index contributed by atoms with van der Waals surface area (Å²) in [5.74, 6) is -0.0888. The van der Waals surface area contributed by atoms with Crippen LogP contribution in [0.4, 0.5) is 5.69 Å². The number of rotatable bonds is 9. The fraction of sp³-hybridized carbons (Fsp3) is 0.348. The quantitative estimate of drug-likeness (QED) is 0.538. The van der Waals surface area contributed by atoms with Crippen LogP contribution >= 0.6 is 0 Å². The second-order valence-corrected chi connectivity index (χ2v) is 7.14. The summed E-state index contributed by atoms with van der Waals surface area (Å²) in [6.45, 7) is 4.53. The molecule has 2 N–H and O–H groups in total. The molecular weight excluding hydrogens is 364 g/mol. The zero-order valence-electron chi connectivity index (χ0n) is 17.1. The SMILES string of the molecule is CCc1ccc(NC(=O)CCCCCNC(=O)c2c(C)nc3ccccn23)cc1. The Morgan fingerprint density at radius 3 is 2.59 bits per heavy atom. The predicted molar refractivity (Wildman–Crippen MR) is 115 cm³/mol. The van der Waals surface area contributed by atoms with E-state index in [9.17, 15) is 9.59 Å². The van der Waals surface area contributed by atoms with E-state index in [0.29, 0.717) is 18.7 Å². The van der Waals surface area contributed by atoms with Gasteiger partial charge in [0, 0.05) is 24.8 Å². The first-order valence-electron chi connectivity index (χ1n) is 10.2. The van der Waals surface area contributed by atoms with Gasteiger partial charge in [-0.2, -0.15) is 0 Å². The summed E-state index contributed by atoms with van der Waals surface area (Å²) in [6, 6.07) is 13.6. The molecule has 3 aromatic rings. The minimum atomic E-state index is -0.116. The molecule has 2 heterocycles. The van der Waals surface area contributed by atoms with E-state index in [1.807, 2.05) is 60.0 Å². The number of anilines is 1. The first-order valence-corrected chi connectivity index (χ1v) is 10.2. The van der Waals surface area contributed by atoms with Gasteiger partial charge in [-0.05, 0) is 56.0 Å². The molecule has 0 spiro atoms. The van der Waals surface area contributed by atoms with Gasteiger partial charge in [0.15, 0.2) is 0 Å². The third kappa shape index (κ3) is 5.44. The maximum atomic E-state index is 12.5. The lowest BCUT2D eigenvalue weighted by atomic mass is 10.1. The summed E-state index contributed by atoms with van der Waals surface area (Å²) in [5.41, 5.74) is 4.16. The van der Waals surface area contributed by atoms with Crippen LogP contribution in [0, 0.1) is 6.92 Å². The number of imidazole rings is 1. The molecule has 0 aliphatic carbocycles. The highest BCUT2D eigenvalue weighted by Gasteiger charge is 2.15. The number of nitrogens with one attached hydrogen (secondary N) is 2. The number of fused-ring (bicyclic) bond motifs is 1. The third-order valence-electron chi connectivity index (χ3n) is 4.93. The van der Waals surface area contributed by atoms with Crippen molar-refractivity contribution in [3.8, 4) is 0 Å². The van der Waals surface area contributed by atoms with Crippen molar-refractivity contribution in [3.63, 3.8) is 0 Å². The number of hydrogen-bond donors (Lipinski definition) is 2. The van der Waals surface area contributed by atoms with Gasteiger partial charge in [0.2, 0.25) is 5.91 Å². The van der Waals surface area contributed by atoms with E-state index >= 15 is 0 Å². The van der Waals surface area contributed by atoms with Crippen LogP contribution in [-0.4, -0.2) is 27.7 Å². The average molecular weight is 393 g/mol. The first kappa shape index (κ1) is 20.6. The van der Waals surface area contributed by atoms with Gasteiger partial charge < -0.3 is 10.6 Å². The Labute approximate surface area is 171 Å². The van der Waals surface area contributed by atoms with Crippen molar-refractivity contribution in [2.45, 2.75) is 46.0 Å². The number of pyridine rings is 1. The Bertz CT molecular complexity index is 976. The molecule has 0 unspecified atom stereocenters. The minimum absolute atomic E-state index is 0.0274. The van der Waals surface area contributed by atoms with E-state index in [2.05, 4.69) is 22.5 Å². The number of amides is 2. The smallest absolute Gasteiger partial charge is 0.270 e. The first-order chi connectivity index (χ1) is 14.1. The van der Waals surface area contributed by atoms with Gasteiger partial charge in [-0.25, -0.2) is 4.98 Å². The van der Waals surface area contributed by atoms with Crippen molar-refractivity contribution in [3.05, 3.63) is 65.6 Å². The van der Waals surface area contributed by atoms with E-state index in [-0.39, 0.29) is 11.8 Å². The van der Waals surface area contributed by atoms with E-state index < -0.39 is 0 Å². The molecule has 0 atom stereocenters. The topological polar surface area (TPSA) is 75.5 Å². The summed E-state index contributed by atoms with van der Waals surface area (Å²) in [7, 11) is 0. The number of carbonyl (C=O) groups is 2. The average Bonchev–Trinajstić information content (AvgIpc) is 3.06. The van der Waals surface area contributed by atoms with Crippen molar-refractivity contribution >= 4 is 23.1 Å². The molecule has 0 fully saturated rings. The molecule has 2 aromatic heterocycles. The summed E-state index contributed by atoms with van der Waals surface area (Å²) in [4.78, 5) is 28.9. The number of aryl methyl sites for hydroxylation is 2. The van der Waals surface area contributed by atoms with Gasteiger partial charge in [-0.1, -0.05) is 31.5 Å².